The molecule has 0 aliphatic heterocycles. The summed E-state index contributed by atoms with van der Waals surface area (Å²) in [6.45, 7) is 3.52. The van der Waals surface area contributed by atoms with Crippen LogP contribution < -0.4 is 10.6 Å². The van der Waals surface area contributed by atoms with Crippen molar-refractivity contribution >= 4 is 45.1 Å². The van der Waals surface area contributed by atoms with Crippen molar-refractivity contribution in [1.29, 1.82) is 0 Å². The summed E-state index contributed by atoms with van der Waals surface area (Å²) in [6, 6.07) is 7.78. The van der Waals surface area contributed by atoms with Gasteiger partial charge in [0.25, 0.3) is 0 Å². The number of hydrogen-bond donors (Lipinski definition) is 2. The van der Waals surface area contributed by atoms with Crippen LogP contribution in [-0.4, -0.2) is 41.9 Å². The summed E-state index contributed by atoms with van der Waals surface area (Å²) in [6.07, 6.45) is 2.47. The third-order valence-corrected chi connectivity index (χ3v) is 5.32. The molecule has 0 saturated carbocycles. The highest BCUT2D eigenvalue weighted by molar-refractivity contribution is 7.15. The third kappa shape index (κ3) is 4.74. The number of carbonyl (C=O) groups is 2. The Hall–Kier alpha value is -3.67. The third-order valence-electron chi connectivity index (χ3n) is 4.42. The summed E-state index contributed by atoms with van der Waals surface area (Å²) < 4.78 is 6.90. The second-order valence-corrected chi connectivity index (χ2v) is 7.92. The summed E-state index contributed by atoms with van der Waals surface area (Å²) in [4.78, 5) is 27.3. The summed E-state index contributed by atoms with van der Waals surface area (Å²) in [7, 11) is 0. The van der Waals surface area contributed by atoms with E-state index in [0.717, 1.165) is 35.3 Å². The maximum atomic E-state index is 11.5. The summed E-state index contributed by atoms with van der Waals surface area (Å²) in [5.41, 5.74) is 2.16. The van der Waals surface area contributed by atoms with E-state index in [1.165, 1.54) is 25.2 Å². The van der Waals surface area contributed by atoms with E-state index in [0.29, 0.717) is 23.2 Å². The number of nitrogens with one attached hydrogen (secondary N) is 2. The number of rotatable bonds is 8. The highest BCUT2D eigenvalue weighted by Gasteiger charge is 2.21. The molecular formula is C19H20N8O3S. The lowest BCUT2D eigenvalue weighted by Gasteiger charge is -2.08. The van der Waals surface area contributed by atoms with Crippen molar-refractivity contribution in [3.8, 4) is 11.5 Å². The van der Waals surface area contributed by atoms with Crippen molar-refractivity contribution in [1.82, 2.24) is 30.1 Å². The average molecular weight is 440 g/mol. The van der Waals surface area contributed by atoms with Gasteiger partial charge in [-0.25, -0.2) is 9.61 Å². The first-order chi connectivity index (χ1) is 15.0. The monoisotopic (exact) mass is 440 g/mol. The fourth-order valence-electron chi connectivity index (χ4n) is 3.17. The molecule has 0 fully saturated rings. The van der Waals surface area contributed by atoms with Crippen LogP contribution in [0.15, 0.2) is 28.9 Å². The molecular weight excluding hydrogens is 420 g/mol. The van der Waals surface area contributed by atoms with E-state index in [1.54, 1.807) is 0 Å². The minimum Gasteiger partial charge on any atom is -0.322 e. The Labute approximate surface area is 180 Å². The van der Waals surface area contributed by atoms with Gasteiger partial charge in [-0.05, 0) is 35.3 Å². The molecule has 0 aliphatic carbocycles. The van der Waals surface area contributed by atoms with Crippen LogP contribution in [0.5, 0.6) is 0 Å². The number of unbranched alkanes of at least 4 members (excludes halogenated alkanes) is 1. The zero-order chi connectivity index (χ0) is 21.8. The molecule has 31 heavy (non-hydrogen) atoms. The number of hydrogen-bond acceptors (Lipinski definition) is 9. The molecule has 0 atom stereocenters. The van der Waals surface area contributed by atoms with Crippen LogP contribution in [0.4, 0.5) is 10.9 Å². The fourth-order valence-corrected chi connectivity index (χ4v) is 4.00. The van der Waals surface area contributed by atoms with Gasteiger partial charge in [-0.15, -0.1) is 10.2 Å². The lowest BCUT2D eigenvalue weighted by atomic mass is 10.2. The number of aryl methyl sites for hydroxylation is 2. The Kier molecular flexibility index (Phi) is 5.98. The van der Waals surface area contributed by atoms with Gasteiger partial charge >= 0.3 is 0 Å². The molecule has 0 bridgehead atoms. The van der Waals surface area contributed by atoms with Gasteiger partial charge in [-0.2, -0.15) is 0 Å². The van der Waals surface area contributed by atoms with Gasteiger partial charge in [0.15, 0.2) is 11.5 Å². The summed E-state index contributed by atoms with van der Waals surface area (Å²) in [5, 5.41) is 22.5. The topological polar surface area (TPSA) is 141 Å². The number of imidazole rings is 1. The van der Waals surface area contributed by atoms with Crippen LogP contribution in [0.3, 0.4) is 0 Å². The van der Waals surface area contributed by atoms with Gasteiger partial charge in [0.05, 0.1) is 11.0 Å². The Balaban J connectivity index is 1.50. The van der Waals surface area contributed by atoms with Gasteiger partial charge in [0, 0.05) is 26.8 Å². The molecule has 11 nitrogen and oxygen atoms in total. The molecule has 0 aliphatic rings. The number of carbonyl (C=O) groups excluding carboxylic acids is 2. The van der Waals surface area contributed by atoms with Crippen molar-refractivity contribution in [3.05, 3.63) is 29.3 Å². The fraction of sp³-hybridized carbons (Fsp3) is 0.316. The van der Waals surface area contributed by atoms with E-state index in [9.17, 15) is 9.59 Å². The number of nitrogens with zero attached hydrogens (tertiary/aromatic N) is 6. The minimum absolute atomic E-state index is 0.164. The molecule has 4 rings (SSSR count). The first-order valence-electron chi connectivity index (χ1n) is 9.67. The Morgan fingerprint density at radius 2 is 1.87 bits per heavy atom. The minimum atomic E-state index is -0.268. The molecule has 2 N–H and O–H groups in total. The second-order valence-electron chi connectivity index (χ2n) is 6.86. The van der Waals surface area contributed by atoms with Gasteiger partial charge < -0.3 is 15.2 Å². The highest BCUT2D eigenvalue weighted by Crippen LogP contribution is 2.28. The van der Waals surface area contributed by atoms with Crippen molar-refractivity contribution in [2.75, 3.05) is 10.6 Å². The molecule has 2 amide bonds. The van der Waals surface area contributed by atoms with Crippen molar-refractivity contribution in [3.63, 3.8) is 0 Å². The number of amides is 2. The van der Waals surface area contributed by atoms with Crippen LogP contribution in [0, 0.1) is 0 Å². The van der Waals surface area contributed by atoms with Crippen molar-refractivity contribution in [2.24, 2.45) is 0 Å². The zero-order valence-corrected chi connectivity index (χ0v) is 17.8. The number of anilines is 2. The van der Waals surface area contributed by atoms with Gasteiger partial charge in [-0.3, -0.25) is 9.59 Å². The lowest BCUT2D eigenvalue weighted by Crippen LogP contribution is -2.09. The average Bonchev–Trinajstić information content (AvgIpc) is 3.43. The molecule has 3 heterocycles. The van der Waals surface area contributed by atoms with Crippen LogP contribution in [0.25, 0.3) is 22.6 Å². The summed E-state index contributed by atoms with van der Waals surface area (Å²) in [5.74, 6) is 0.386. The van der Waals surface area contributed by atoms with Crippen molar-refractivity contribution < 1.29 is 14.2 Å². The standard InChI is InChI=1S/C19H20N8O3S/c1-11(28)20-17-16(25-30-26-17)18-22-13-7-3-4-8-14(13)27(18)10-6-5-9-15-23-24-19(31-15)21-12(2)29/h3-4,7-8H,5-6,9-10H2,1-2H3,(H,20,26,28)(H,21,24,29). The number of aromatic nitrogens is 6. The predicted molar refractivity (Wildman–Crippen MR) is 114 cm³/mol. The van der Waals surface area contributed by atoms with Crippen LogP contribution in [0.2, 0.25) is 0 Å². The number of benzene rings is 1. The Morgan fingerprint density at radius 3 is 2.68 bits per heavy atom. The first-order valence-corrected chi connectivity index (χ1v) is 10.5. The molecule has 0 saturated heterocycles. The quantitative estimate of drug-likeness (QED) is 0.399. The highest BCUT2D eigenvalue weighted by atomic mass is 32.1. The smallest absolute Gasteiger partial charge is 0.223 e. The molecule has 0 spiro atoms. The van der Waals surface area contributed by atoms with Gasteiger partial charge in [0.1, 0.15) is 5.01 Å². The van der Waals surface area contributed by atoms with E-state index in [1.807, 2.05) is 28.8 Å². The molecule has 3 aromatic heterocycles. The van der Waals surface area contributed by atoms with E-state index in [2.05, 4.69) is 36.1 Å². The molecule has 12 heteroatoms. The summed E-state index contributed by atoms with van der Waals surface area (Å²) >= 11 is 1.38. The van der Waals surface area contributed by atoms with Gasteiger partial charge in [-0.1, -0.05) is 23.5 Å². The van der Waals surface area contributed by atoms with Crippen LogP contribution in [0.1, 0.15) is 31.7 Å². The van der Waals surface area contributed by atoms with Crippen LogP contribution >= 0.6 is 11.3 Å². The van der Waals surface area contributed by atoms with E-state index in [-0.39, 0.29) is 17.6 Å². The Bertz CT molecular complexity index is 1230. The van der Waals surface area contributed by atoms with Crippen LogP contribution in [-0.2, 0) is 22.6 Å². The number of fused-ring (bicyclic) bond motifs is 1. The normalized spacial score (nSPS) is 11.0. The zero-order valence-electron chi connectivity index (χ0n) is 17.0. The predicted octanol–water partition coefficient (Wildman–Crippen LogP) is 2.88. The van der Waals surface area contributed by atoms with E-state index in [4.69, 9.17) is 4.63 Å². The molecule has 4 aromatic rings. The number of para-hydroxylation sites is 2. The maximum Gasteiger partial charge on any atom is 0.223 e. The second kappa shape index (κ2) is 9.00. The molecule has 160 valence electrons. The molecule has 0 unspecified atom stereocenters. The molecule has 0 radical (unpaired) electrons. The SMILES string of the molecule is CC(=O)Nc1nnc(CCCCn2c(-c3nonc3NC(C)=O)nc3ccccc32)s1. The van der Waals surface area contributed by atoms with Gasteiger partial charge in [0.2, 0.25) is 22.8 Å². The van der Waals surface area contributed by atoms with Crippen molar-refractivity contribution in [2.45, 2.75) is 39.7 Å². The molecule has 1 aromatic carbocycles. The maximum absolute atomic E-state index is 11.5. The van der Waals surface area contributed by atoms with E-state index >= 15 is 0 Å². The lowest BCUT2D eigenvalue weighted by molar-refractivity contribution is -0.115. The largest absolute Gasteiger partial charge is 0.322 e. The first kappa shape index (κ1) is 20.6. The Morgan fingerprint density at radius 1 is 1.06 bits per heavy atom. The van der Waals surface area contributed by atoms with E-state index < -0.39 is 0 Å².